The molecule has 1 unspecified atom stereocenters. The van der Waals surface area contributed by atoms with Crippen LogP contribution in [0.3, 0.4) is 0 Å². The van der Waals surface area contributed by atoms with E-state index in [1.165, 1.54) is 27.9 Å². The third-order valence-corrected chi connectivity index (χ3v) is 8.33. The van der Waals surface area contributed by atoms with E-state index in [1.807, 2.05) is 0 Å². The maximum atomic E-state index is 13.0. The van der Waals surface area contributed by atoms with Gasteiger partial charge in [0.15, 0.2) is 10.8 Å². The lowest BCUT2D eigenvalue weighted by Crippen LogP contribution is -2.71. The molecule has 0 aliphatic carbocycles. The highest BCUT2D eigenvalue weighted by Crippen LogP contribution is 2.41. The number of anilines is 1. The fourth-order valence-electron chi connectivity index (χ4n) is 3.55. The number of amides is 2. The van der Waals surface area contributed by atoms with E-state index < -0.39 is 35.2 Å². The van der Waals surface area contributed by atoms with Crippen LogP contribution in [-0.2, 0) is 30.6 Å². The van der Waals surface area contributed by atoms with Crippen LogP contribution >= 0.6 is 34.9 Å². The van der Waals surface area contributed by atoms with E-state index in [9.17, 15) is 24.3 Å². The predicted octanol–water partition coefficient (Wildman–Crippen LogP) is -0.376. The number of nitrogens with two attached hydrogens (primary N) is 1. The molecule has 5 N–H and O–H groups in total. The molecule has 4 rings (SSSR count). The molecule has 1 fully saturated rings. The number of fused-ring (bicyclic) bond motifs is 1. The van der Waals surface area contributed by atoms with Gasteiger partial charge in [-0.3, -0.25) is 19.3 Å². The first-order chi connectivity index (χ1) is 18.7. The number of carbonyl (C=O) groups is 4. The summed E-state index contributed by atoms with van der Waals surface area (Å²) < 4.78 is 1.31. The summed E-state index contributed by atoms with van der Waals surface area (Å²) in [6.07, 6.45) is 1.25. The molecule has 4 heterocycles. The highest BCUT2D eigenvalue weighted by molar-refractivity contribution is 8.01. The van der Waals surface area contributed by atoms with E-state index in [0.717, 1.165) is 28.0 Å². The average molecular weight is 596 g/mol. The molecule has 2 aromatic heterocycles. The molecule has 39 heavy (non-hydrogen) atoms. The molecular weight excluding hydrogens is 574 g/mol. The molecule has 0 saturated carbocycles. The van der Waals surface area contributed by atoms with Crippen molar-refractivity contribution in [2.45, 2.75) is 29.5 Å². The van der Waals surface area contributed by atoms with Crippen molar-refractivity contribution >= 4 is 69.5 Å². The Morgan fingerprint density at radius 1 is 1.38 bits per heavy atom. The molecule has 2 amide bonds. The van der Waals surface area contributed by atoms with Gasteiger partial charge in [0.05, 0.1) is 13.0 Å². The smallest absolute Gasteiger partial charge is 0.352 e. The summed E-state index contributed by atoms with van der Waals surface area (Å²) in [4.78, 5) is 59.3. The molecule has 2 atom stereocenters. The van der Waals surface area contributed by atoms with Crippen LogP contribution in [0.25, 0.3) is 0 Å². The minimum Gasteiger partial charge on any atom is -0.481 e. The van der Waals surface area contributed by atoms with Crippen molar-refractivity contribution in [2.24, 2.45) is 5.16 Å². The van der Waals surface area contributed by atoms with Crippen LogP contribution in [0.4, 0.5) is 5.13 Å². The standard InChI is InChI=1S/C20H21N9O7S3/c1-2-5-36-25-12(10-8-38-19(21)22-10)15(32)23-13-16(33)29-14(18(34)35)9(6-37-17(13)29)7-39-20-24-26-27-28(20)4-3-11(30)31/h2,8,13,17H,1,3-7H2,(H2,21,22)(H,23,32)(H,30,31)(H,34,35)/t13?,17-/m0/s1. The first kappa shape index (κ1) is 28.0. The van der Waals surface area contributed by atoms with E-state index in [2.05, 4.69) is 37.6 Å². The van der Waals surface area contributed by atoms with Crippen molar-refractivity contribution in [3.63, 3.8) is 0 Å². The Morgan fingerprint density at radius 2 is 2.18 bits per heavy atom. The van der Waals surface area contributed by atoms with Gasteiger partial charge in [-0.2, -0.15) is 0 Å². The minimum absolute atomic E-state index is 0.0322. The molecule has 0 aromatic carbocycles. The summed E-state index contributed by atoms with van der Waals surface area (Å²) in [5.74, 6) is -3.23. The van der Waals surface area contributed by atoms with Crippen LogP contribution < -0.4 is 11.1 Å². The average Bonchev–Trinajstić information content (AvgIpc) is 3.54. The molecule has 19 heteroatoms. The summed E-state index contributed by atoms with van der Waals surface area (Å²) in [5.41, 5.74) is 5.92. The number of rotatable bonds is 13. The van der Waals surface area contributed by atoms with Crippen molar-refractivity contribution in [3.8, 4) is 0 Å². The zero-order valence-corrected chi connectivity index (χ0v) is 22.4. The number of nitrogen functional groups attached to an aromatic ring is 1. The molecule has 2 aromatic rings. The zero-order valence-electron chi connectivity index (χ0n) is 19.9. The van der Waals surface area contributed by atoms with Gasteiger partial charge in [0, 0.05) is 16.9 Å². The van der Waals surface area contributed by atoms with Crippen LogP contribution in [0, 0.1) is 0 Å². The normalized spacial score (nSPS) is 18.8. The van der Waals surface area contributed by atoms with E-state index in [1.54, 1.807) is 0 Å². The molecule has 2 aliphatic heterocycles. The molecule has 0 bridgehead atoms. The summed E-state index contributed by atoms with van der Waals surface area (Å²) in [6.45, 7) is 3.60. The fraction of sp³-hybridized carbons (Fsp3) is 0.350. The number of tetrazole rings is 1. The molecule has 0 spiro atoms. The van der Waals surface area contributed by atoms with Crippen LogP contribution in [0.5, 0.6) is 0 Å². The number of carboxylic acid groups (broad SMARTS) is 2. The van der Waals surface area contributed by atoms with Gasteiger partial charge in [-0.25, -0.2) is 14.5 Å². The van der Waals surface area contributed by atoms with Gasteiger partial charge < -0.3 is 26.1 Å². The largest absolute Gasteiger partial charge is 0.481 e. The molecule has 2 aliphatic rings. The van der Waals surface area contributed by atoms with Crippen molar-refractivity contribution < 1.29 is 34.2 Å². The van der Waals surface area contributed by atoms with E-state index in [-0.39, 0.29) is 53.3 Å². The molecular formula is C20H21N9O7S3. The van der Waals surface area contributed by atoms with Gasteiger partial charge in [-0.15, -0.1) is 28.2 Å². The Bertz CT molecular complexity index is 1370. The lowest BCUT2D eigenvalue weighted by molar-refractivity contribution is -0.150. The van der Waals surface area contributed by atoms with Crippen LogP contribution in [0.2, 0.25) is 0 Å². The van der Waals surface area contributed by atoms with Crippen molar-refractivity contribution in [1.82, 2.24) is 35.4 Å². The SMILES string of the molecule is C=CCON=C(C(=O)NC1C(=O)N2C(C(=O)O)=C(CSc3nnnn3CCC(=O)O)CS[C@@H]12)c1csc(N)n1. The quantitative estimate of drug-likeness (QED) is 0.0578. The number of β-lactam (4-membered cyclic amide) rings is 1. The zero-order chi connectivity index (χ0) is 28.1. The number of nitrogens with zero attached hydrogens (tertiary/aromatic N) is 7. The third-order valence-electron chi connectivity index (χ3n) is 5.28. The molecule has 206 valence electrons. The van der Waals surface area contributed by atoms with Crippen LogP contribution in [0.1, 0.15) is 12.1 Å². The number of hydrogen-bond acceptors (Lipinski definition) is 14. The Balaban J connectivity index is 1.47. The Labute approximate surface area is 232 Å². The second kappa shape index (κ2) is 12.3. The topological polar surface area (TPSA) is 228 Å². The number of aliphatic carboxylic acids is 2. The fourth-order valence-corrected chi connectivity index (χ4v) is 6.49. The van der Waals surface area contributed by atoms with Crippen molar-refractivity contribution in [1.29, 1.82) is 0 Å². The third kappa shape index (κ3) is 6.20. The lowest BCUT2D eigenvalue weighted by Gasteiger charge is -2.49. The van der Waals surface area contributed by atoms with Crippen LogP contribution in [-0.4, -0.2) is 99.3 Å². The highest BCUT2D eigenvalue weighted by atomic mass is 32.2. The summed E-state index contributed by atoms with van der Waals surface area (Å²) >= 11 is 3.51. The Kier molecular flexibility index (Phi) is 8.82. The van der Waals surface area contributed by atoms with Crippen molar-refractivity contribution in [3.05, 3.63) is 35.0 Å². The Morgan fingerprint density at radius 3 is 2.85 bits per heavy atom. The number of hydrogen-bond donors (Lipinski definition) is 4. The number of aromatic nitrogens is 5. The molecule has 16 nitrogen and oxygen atoms in total. The first-order valence-electron chi connectivity index (χ1n) is 11.0. The summed E-state index contributed by atoms with van der Waals surface area (Å²) in [6, 6.07) is -1.00. The van der Waals surface area contributed by atoms with Crippen LogP contribution in [0.15, 0.2) is 39.6 Å². The second-order valence-electron chi connectivity index (χ2n) is 7.83. The maximum absolute atomic E-state index is 13.0. The van der Waals surface area contributed by atoms with E-state index in [0.29, 0.717) is 10.7 Å². The number of carbonyl (C=O) groups excluding carboxylic acids is 2. The number of oxime groups is 1. The Hall–Kier alpha value is -3.97. The first-order valence-corrected chi connectivity index (χ1v) is 14.0. The summed E-state index contributed by atoms with van der Waals surface area (Å²) in [7, 11) is 0. The van der Waals surface area contributed by atoms with Gasteiger partial charge in [-0.05, 0) is 16.0 Å². The maximum Gasteiger partial charge on any atom is 0.352 e. The number of carboxylic acids is 2. The minimum atomic E-state index is -1.29. The van der Waals surface area contributed by atoms with Crippen molar-refractivity contribution in [2.75, 3.05) is 23.8 Å². The number of thiazole rings is 1. The highest BCUT2D eigenvalue weighted by Gasteiger charge is 2.54. The van der Waals surface area contributed by atoms with Gasteiger partial charge in [0.1, 0.15) is 29.4 Å². The van der Waals surface area contributed by atoms with Gasteiger partial charge in [-0.1, -0.05) is 29.6 Å². The van der Waals surface area contributed by atoms with Gasteiger partial charge in [0.2, 0.25) is 5.16 Å². The van der Waals surface area contributed by atoms with E-state index >= 15 is 0 Å². The lowest BCUT2D eigenvalue weighted by atomic mass is 10.0. The van der Waals surface area contributed by atoms with Gasteiger partial charge in [0.25, 0.3) is 11.8 Å². The second-order valence-corrected chi connectivity index (χ2v) is 10.8. The number of aryl methyl sites for hydroxylation is 1. The summed E-state index contributed by atoms with van der Waals surface area (Å²) in [5, 5.41) is 37.7. The molecule has 1 saturated heterocycles. The number of nitrogens with one attached hydrogen (secondary N) is 1. The molecule has 0 radical (unpaired) electrons. The predicted molar refractivity (Wildman–Crippen MR) is 140 cm³/mol. The number of thioether (sulfide) groups is 2. The van der Waals surface area contributed by atoms with E-state index in [4.69, 9.17) is 15.7 Å². The van der Waals surface area contributed by atoms with Gasteiger partial charge >= 0.3 is 11.9 Å². The monoisotopic (exact) mass is 595 g/mol.